The number of carbonyl (C=O) groups excluding carboxylic acids is 2. The van der Waals surface area contributed by atoms with Crippen LogP contribution >= 0.6 is 0 Å². The fourth-order valence-electron chi connectivity index (χ4n) is 1.53. The molecule has 0 saturated carbocycles. The van der Waals surface area contributed by atoms with Crippen LogP contribution in [-0.2, 0) is 4.79 Å². The van der Waals surface area contributed by atoms with Crippen molar-refractivity contribution < 1.29 is 9.59 Å². The predicted octanol–water partition coefficient (Wildman–Crippen LogP) is 1.37. The molecule has 0 aromatic heterocycles. The monoisotopic (exact) mass is 263 g/mol. The van der Waals surface area contributed by atoms with Crippen LogP contribution in [0.2, 0.25) is 0 Å². The number of hydrogen-bond acceptors (Lipinski definition) is 3. The van der Waals surface area contributed by atoms with Crippen LogP contribution in [0, 0.1) is 0 Å². The molecule has 0 heterocycles. The van der Waals surface area contributed by atoms with E-state index >= 15 is 0 Å². The third kappa shape index (κ3) is 5.90. The van der Waals surface area contributed by atoms with E-state index in [-0.39, 0.29) is 11.8 Å². The molecule has 0 saturated heterocycles. The number of nitrogens with one attached hydrogen (secondary N) is 3. The summed E-state index contributed by atoms with van der Waals surface area (Å²) in [6, 6.07) is 7.34. The van der Waals surface area contributed by atoms with Crippen LogP contribution in [0.4, 0.5) is 5.69 Å². The van der Waals surface area contributed by atoms with E-state index in [1.165, 1.54) is 6.92 Å². The van der Waals surface area contributed by atoms with Crippen LogP contribution in [0.15, 0.2) is 24.3 Å². The summed E-state index contributed by atoms with van der Waals surface area (Å²) in [7, 11) is 0. The van der Waals surface area contributed by atoms with Gasteiger partial charge >= 0.3 is 0 Å². The average Bonchev–Trinajstić information content (AvgIpc) is 2.41. The number of carbonyl (C=O) groups is 2. The van der Waals surface area contributed by atoms with E-state index in [9.17, 15) is 9.59 Å². The summed E-state index contributed by atoms with van der Waals surface area (Å²) in [6.07, 6.45) is 1.06. The largest absolute Gasteiger partial charge is 0.385 e. The molecule has 0 fully saturated rings. The third-order valence-electron chi connectivity index (χ3n) is 2.51. The molecule has 0 aliphatic carbocycles. The predicted molar refractivity (Wildman–Crippen MR) is 76.2 cm³/mol. The molecule has 0 atom stereocenters. The van der Waals surface area contributed by atoms with Gasteiger partial charge in [-0.2, -0.15) is 0 Å². The highest BCUT2D eigenvalue weighted by Crippen LogP contribution is 2.09. The number of amides is 2. The zero-order valence-corrected chi connectivity index (χ0v) is 11.5. The molecular weight excluding hydrogens is 242 g/mol. The van der Waals surface area contributed by atoms with E-state index in [0.717, 1.165) is 18.7 Å². The van der Waals surface area contributed by atoms with E-state index in [2.05, 4.69) is 22.9 Å². The van der Waals surface area contributed by atoms with Crippen molar-refractivity contribution in [3.63, 3.8) is 0 Å². The second-order valence-electron chi connectivity index (χ2n) is 4.24. The van der Waals surface area contributed by atoms with Gasteiger partial charge in [-0.1, -0.05) is 6.92 Å². The first-order valence-electron chi connectivity index (χ1n) is 6.50. The average molecular weight is 263 g/mol. The highest BCUT2D eigenvalue weighted by molar-refractivity contribution is 5.94. The number of rotatable bonds is 7. The molecular formula is C14H21N3O2. The van der Waals surface area contributed by atoms with Gasteiger partial charge in [0.15, 0.2) is 0 Å². The molecule has 2 amide bonds. The maximum Gasteiger partial charge on any atom is 0.251 e. The minimum Gasteiger partial charge on any atom is -0.385 e. The molecule has 1 aromatic rings. The maximum absolute atomic E-state index is 11.8. The van der Waals surface area contributed by atoms with E-state index in [1.54, 1.807) is 12.1 Å². The SMILES string of the molecule is CCCNc1ccc(C(=O)NCCNC(C)=O)cc1. The summed E-state index contributed by atoms with van der Waals surface area (Å²) in [6.45, 7) is 5.33. The molecule has 1 aromatic carbocycles. The Morgan fingerprint density at radius 3 is 2.21 bits per heavy atom. The molecule has 0 spiro atoms. The van der Waals surface area contributed by atoms with Crippen molar-refractivity contribution in [1.82, 2.24) is 10.6 Å². The topological polar surface area (TPSA) is 70.2 Å². The Morgan fingerprint density at radius 1 is 1.00 bits per heavy atom. The Bertz CT molecular complexity index is 415. The number of benzene rings is 1. The Morgan fingerprint density at radius 2 is 1.63 bits per heavy atom. The van der Waals surface area contributed by atoms with Gasteiger partial charge in [-0.15, -0.1) is 0 Å². The highest BCUT2D eigenvalue weighted by Gasteiger charge is 2.04. The zero-order valence-electron chi connectivity index (χ0n) is 11.5. The van der Waals surface area contributed by atoms with Gasteiger partial charge in [-0.25, -0.2) is 0 Å². The molecule has 1 rings (SSSR count). The lowest BCUT2D eigenvalue weighted by Crippen LogP contribution is -2.33. The van der Waals surface area contributed by atoms with Crippen LogP contribution in [0.5, 0.6) is 0 Å². The zero-order chi connectivity index (χ0) is 14.1. The van der Waals surface area contributed by atoms with Crippen molar-refractivity contribution >= 4 is 17.5 Å². The smallest absolute Gasteiger partial charge is 0.251 e. The van der Waals surface area contributed by atoms with E-state index in [4.69, 9.17) is 0 Å². The summed E-state index contributed by atoms with van der Waals surface area (Å²) in [5, 5.41) is 8.61. The van der Waals surface area contributed by atoms with Gasteiger partial charge in [0.2, 0.25) is 5.91 Å². The Hall–Kier alpha value is -2.04. The minimum atomic E-state index is -0.132. The van der Waals surface area contributed by atoms with Crippen LogP contribution in [0.3, 0.4) is 0 Å². The maximum atomic E-state index is 11.8. The lowest BCUT2D eigenvalue weighted by molar-refractivity contribution is -0.118. The van der Waals surface area contributed by atoms with Gasteiger partial charge in [0.05, 0.1) is 0 Å². The molecule has 0 radical (unpaired) electrons. The molecule has 104 valence electrons. The van der Waals surface area contributed by atoms with Crippen molar-refractivity contribution in [2.75, 3.05) is 25.0 Å². The summed E-state index contributed by atoms with van der Waals surface area (Å²) in [5.74, 6) is -0.229. The fourth-order valence-corrected chi connectivity index (χ4v) is 1.53. The van der Waals surface area contributed by atoms with Gasteiger partial charge in [0.25, 0.3) is 5.91 Å². The van der Waals surface area contributed by atoms with Crippen LogP contribution in [0.25, 0.3) is 0 Å². The Kier molecular flexibility index (Phi) is 6.43. The lowest BCUT2D eigenvalue weighted by atomic mass is 10.2. The molecule has 3 N–H and O–H groups in total. The second-order valence-corrected chi connectivity index (χ2v) is 4.24. The first-order chi connectivity index (χ1) is 9.13. The number of anilines is 1. The third-order valence-corrected chi connectivity index (χ3v) is 2.51. The number of hydrogen-bond donors (Lipinski definition) is 3. The summed E-state index contributed by atoms with van der Waals surface area (Å²) < 4.78 is 0. The first-order valence-corrected chi connectivity index (χ1v) is 6.50. The summed E-state index contributed by atoms with van der Waals surface area (Å²) >= 11 is 0. The van der Waals surface area contributed by atoms with Crippen molar-refractivity contribution in [2.24, 2.45) is 0 Å². The van der Waals surface area contributed by atoms with E-state index < -0.39 is 0 Å². The standard InChI is InChI=1S/C14H21N3O2/c1-3-8-16-13-6-4-12(5-7-13)14(19)17-10-9-15-11(2)18/h4-7,16H,3,8-10H2,1-2H3,(H,15,18)(H,17,19). The van der Waals surface area contributed by atoms with Crippen molar-refractivity contribution in [1.29, 1.82) is 0 Å². The molecule has 5 heteroatoms. The fraction of sp³-hybridized carbons (Fsp3) is 0.429. The van der Waals surface area contributed by atoms with Crippen molar-refractivity contribution in [3.8, 4) is 0 Å². The van der Waals surface area contributed by atoms with Crippen molar-refractivity contribution in [3.05, 3.63) is 29.8 Å². The normalized spacial score (nSPS) is 9.79. The highest BCUT2D eigenvalue weighted by atomic mass is 16.2. The van der Waals surface area contributed by atoms with Crippen LogP contribution in [-0.4, -0.2) is 31.4 Å². The Balaban J connectivity index is 2.37. The minimum absolute atomic E-state index is 0.0967. The van der Waals surface area contributed by atoms with E-state index in [1.807, 2.05) is 12.1 Å². The van der Waals surface area contributed by atoms with Gasteiger partial charge < -0.3 is 16.0 Å². The summed E-state index contributed by atoms with van der Waals surface area (Å²) in [5.41, 5.74) is 1.63. The molecule has 0 aliphatic rings. The molecule has 19 heavy (non-hydrogen) atoms. The molecule has 5 nitrogen and oxygen atoms in total. The van der Waals surface area contributed by atoms with Crippen LogP contribution < -0.4 is 16.0 Å². The first kappa shape index (κ1) is 15.0. The molecule has 0 aliphatic heterocycles. The Labute approximate surface area is 113 Å². The van der Waals surface area contributed by atoms with Gasteiger partial charge in [0, 0.05) is 37.8 Å². The molecule has 0 unspecified atom stereocenters. The van der Waals surface area contributed by atoms with Gasteiger partial charge in [0.1, 0.15) is 0 Å². The lowest BCUT2D eigenvalue weighted by Gasteiger charge is -2.07. The summed E-state index contributed by atoms with van der Waals surface area (Å²) in [4.78, 5) is 22.4. The van der Waals surface area contributed by atoms with Crippen LogP contribution in [0.1, 0.15) is 30.6 Å². The van der Waals surface area contributed by atoms with Gasteiger partial charge in [-0.3, -0.25) is 9.59 Å². The quantitative estimate of drug-likeness (QED) is 0.651. The van der Waals surface area contributed by atoms with E-state index in [0.29, 0.717) is 18.7 Å². The van der Waals surface area contributed by atoms with Gasteiger partial charge in [-0.05, 0) is 30.7 Å². The van der Waals surface area contributed by atoms with Crippen molar-refractivity contribution in [2.45, 2.75) is 20.3 Å². The second kappa shape index (κ2) is 8.13. The molecule has 0 bridgehead atoms.